The van der Waals surface area contributed by atoms with E-state index in [1.165, 1.54) is 23.1 Å². The molecule has 1 N–H and O–H groups in total. The predicted octanol–water partition coefficient (Wildman–Crippen LogP) is 2.29. The molecule has 144 valence electrons. The number of nitrogens with zero attached hydrogens (tertiary/aromatic N) is 6. The molecule has 10 nitrogen and oxygen atoms in total. The Morgan fingerprint density at radius 2 is 1.90 bits per heavy atom. The van der Waals surface area contributed by atoms with Crippen molar-refractivity contribution in [3.05, 3.63) is 94.8 Å². The molecule has 29 heavy (non-hydrogen) atoms. The Labute approximate surface area is 164 Å². The maximum Gasteiger partial charge on any atom is 0.272 e. The van der Waals surface area contributed by atoms with Crippen molar-refractivity contribution in [1.29, 1.82) is 0 Å². The Morgan fingerprint density at radius 3 is 2.62 bits per heavy atom. The number of carbonyl (C=O) groups is 1. The van der Waals surface area contributed by atoms with Gasteiger partial charge in [-0.1, -0.05) is 18.2 Å². The van der Waals surface area contributed by atoms with E-state index in [4.69, 9.17) is 0 Å². The van der Waals surface area contributed by atoms with E-state index in [-0.39, 0.29) is 17.3 Å². The summed E-state index contributed by atoms with van der Waals surface area (Å²) in [5.41, 5.74) is 2.46. The van der Waals surface area contributed by atoms with Crippen LogP contribution < -0.4 is 5.32 Å². The van der Waals surface area contributed by atoms with Crippen LogP contribution in [0.15, 0.2) is 73.4 Å². The lowest BCUT2D eigenvalue weighted by atomic mass is 10.2. The molecule has 4 aromatic rings. The van der Waals surface area contributed by atoms with Gasteiger partial charge in [-0.05, 0) is 29.8 Å². The molecule has 0 saturated carbocycles. The largest absolute Gasteiger partial charge is 0.347 e. The van der Waals surface area contributed by atoms with Gasteiger partial charge in [0.1, 0.15) is 12.7 Å². The Balaban J connectivity index is 1.41. The highest BCUT2D eigenvalue weighted by Crippen LogP contribution is 2.16. The van der Waals surface area contributed by atoms with E-state index in [0.29, 0.717) is 12.2 Å². The van der Waals surface area contributed by atoms with Crippen molar-refractivity contribution in [2.45, 2.75) is 6.54 Å². The van der Waals surface area contributed by atoms with Crippen LogP contribution in [0.2, 0.25) is 0 Å². The van der Waals surface area contributed by atoms with Crippen LogP contribution in [0.25, 0.3) is 11.4 Å². The minimum atomic E-state index is -0.477. The molecule has 4 rings (SSSR count). The fraction of sp³-hybridized carbons (Fsp3) is 0.0526. The van der Waals surface area contributed by atoms with Gasteiger partial charge in [-0.25, -0.2) is 14.3 Å². The number of nitro groups is 1. The van der Waals surface area contributed by atoms with E-state index in [1.54, 1.807) is 35.4 Å². The Kier molecular flexibility index (Phi) is 4.81. The highest BCUT2D eigenvalue weighted by molar-refractivity contribution is 5.92. The van der Waals surface area contributed by atoms with Crippen molar-refractivity contribution in [3.63, 3.8) is 0 Å². The molecule has 0 aliphatic carbocycles. The van der Waals surface area contributed by atoms with Gasteiger partial charge in [-0.15, -0.1) is 0 Å². The molecule has 0 atom stereocenters. The van der Waals surface area contributed by atoms with Crippen molar-refractivity contribution < 1.29 is 9.72 Å². The molecule has 1 amide bonds. The molecule has 2 aromatic heterocycles. The molecule has 2 aromatic carbocycles. The zero-order chi connectivity index (χ0) is 20.2. The Hall–Kier alpha value is -4.34. The molecule has 0 bridgehead atoms. The van der Waals surface area contributed by atoms with Crippen molar-refractivity contribution in [2.75, 3.05) is 0 Å². The summed E-state index contributed by atoms with van der Waals surface area (Å²) in [7, 11) is 0. The number of amides is 1. The first-order chi connectivity index (χ1) is 14.1. The third-order valence-corrected chi connectivity index (χ3v) is 4.20. The van der Waals surface area contributed by atoms with Gasteiger partial charge in [-0.2, -0.15) is 10.2 Å². The van der Waals surface area contributed by atoms with Crippen LogP contribution >= 0.6 is 0 Å². The van der Waals surface area contributed by atoms with Crippen molar-refractivity contribution >= 4 is 11.6 Å². The average Bonchev–Trinajstić information content (AvgIpc) is 3.45. The standard InChI is InChI=1S/C19H15N7O3/c27-19(21-11-14-4-6-15(7-5-14)25-13-20-12-22-25)18-8-9-24(23-18)16-2-1-3-17(10-16)26(28)29/h1-10,12-13H,11H2,(H,21,27). The number of aromatic nitrogens is 5. The summed E-state index contributed by atoms with van der Waals surface area (Å²) >= 11 is 0. The molecule has 0 aliphatic heterocycles. The van der Waals surface area contributed by atoms with Crippen LogP contribution in [0.3, 0.4) is 0 Å². The fourth-order valence-corrected chi connectivity index (χ4v) is 2.72. The molecule has 0 saturated heterocycles. The first-order valence-electron chi connectivity index (χ1n) is 8.63. The second-order valence-electron chi connectivity index (χ2n) is 6.11. The van der Waals surface area contributed by atoms with Crippen LogP contribution in [-0.2, 0) is 6.54 Å². The monoisotopic (exact) mass is 389 g/mol. The van der Waals surface area contributed by atoms with Gasteiger partial charge in [0, 0.05) is 24.9 Å². The lowest BCUT2D eigenvalue weighted by Gasteiger charge is -2.05. The molecule has 2 heterocycles. The second kappa shape index (κ2) is 7.72. The SMILES string of the molecule is O=C(NCc1ccc(-n2cncn2)cc1)c1ccn(-c2cccc([N+](=O)[O-])c2)n1. The third kappa shape index (κ3) is 4.00. The average molecular weight is 389 g/mol. The van der Waals surface area contributed by atoms with Gasteiger partial charge in [0.05, 0.1) is 16.3 Å². The number of carbonyl (C=O) groups excluding carboxylic acids is 1. The van der Waals surface area contributed by atoms with Crippen LogP contribution in [0.4, 0.5) is 5.69 Å². The maximum absolute atomic E-state index is 12.4. The summed E-state index contributed by atoms with van der Waals surface area (Å²) in [6, 6.07) is 15.1. The molecular weight excluding hydrogens is 374 g/mol. The van der Waals surface area contributed by atoms with Crippen LogP contribution in [0, 0.1) is 10.1 Å². The summed E-state index contributed by atoms with van der Waals surface area (Å²) < 4.78 is 3.07. The van der Waals surface area contributed by atoms with Crippen molar-refractivity contribution in [3.8, 4) is 11.4 Å². The van der Waals surface area contributed by atoms with Gasteiger partial charge >= 0.3 is 0 Å². The molecular formula is C19H15N7O3. The maximum atomic E-state index is 12.4. The number of hydrogen-bond acceptors (Lipinski definition) is 6. The first-order valence-corrected chi connectivity index (χ1v) is 8.63. The number of benzene rings is 2. The Bertz CT molecular complexity index is 1150. The van der Waals surface area contributed by atoms with Gasteiger partial charge in [0.15, 0.2) is 5.69 Å². The molecule has 10 heteroatoms. The lowest BCUT2D eigenvalue weighted by molar-refractivity contribution is -0.384. The van der Waals surface area contributed by atoms with Crippen LogP contribution in [-0.4, -0.2) is 35.4 Å². The van der Waals surface area contributed by atoms with E-state index >= 15 is 0 Å². The zero-order valence-corrected chi connectivity index (χ0v) is 15.0. The summed E-state index contributed by atoms with van der Waals surface area (Å²) in [6.07, 6.45) is 4.65. The minimum absolute atomic E-state index is 0.0432. The third-order valence-electron chi connectivity index (χ3n) is 4.20. The Morgan fingerprint density at radius 1 is 1.07 bits per heavy atom. The molecule has 0 aliphatic rings. The van der Waals surface area contributed by atoms with E-state index in [9.17, 15) is 14.9 Å². The zero-order valence-electron chi connectivity index (χ0n) is 15.0. The highest BCUT2D eigenvalue weighted by Gasteiger charge is 2.12. The van der Waals surface area contributed by atoms with Crippen molar-refractivity contribution in [2.24, 2.45) is 0 Å². The number of nitrogens with one attached hydrogen (secondary N) is 1. The normalized spacial score (nSPS) is 10.6. The van der Waals surface area contributed by atoms with Gasteiger partial charge in [-0.3, -0.25) is 14.9 Å². The molecule has 0 fully saturated rings. The lowest BCUT2D eigenvalue weighted by Crippen LogP contribution is -2.23. The second-order valence-corrected chi connectivity index (χ2v) is 6.11. The topological polar surface area (TPSA) is 121 Å². The summed E-state index contributed by atoms with van der Waals surface area (Å²) in [6.45, 7) is 0.333. The van der Waals surface area contributed by atoms with Crippen molar-refractivity contribution in [1.82, 2.24) is 29.9 Å². The van der Waals surface area contributed by atoms with Gasteiger partial charge in [0.25, 0.3) is 11.6 Å². The van der Waals surface area contributed by atoms with Gasteiger partial charge < -0.3 is 5.32 Å². The first kappa shape index (κ1) is 18.0. The predicted molar refractivity (Wildman–Crippen MR) is 103 cm³/mol. The smallest absolute Gasteiger partial charge is 0.272 e. The quantitative estimate of drug-likeness (QED) is 0.399. The van der Waals surface area contributed by atoms with E-state index in [2.05, 4.69) is 20.5 Å². The highest BCUT2D eigenvalue weighted by atomic mass is 16.6. The van der Waals surface area contributed by atoms with Crippen LogP contribution in [0.1, 0.15) is 16.1 Å². The van der Waals surface area contributed by atoms with Crippen LogP contribution in [0.5, 0.6) is 0 Å². The summed E-state index contributed by atoms with van der Waals surface area (Å²) in [5, 5.41) is 22.0. The number of hydrogen-bond donors (Lipinski definition) is 1. The minimum Gasteiger partial charge on any atom is -0.347 e. The molecule has 0 radical (unpaired) electrons. The molecule has 0 spiro atoms. The summed E-state index contributed by atoms with van der Waals surface area (Å²) in [5.74, 6) is -0.338. The van der Waals surface area contributed by atoms with Gasteiger partial charge in [0.2, 0.25) is 0 Å². The van der Waals surface area contributed by atoms with E-state index < -0.39 is 4.92 Å². The fourth-order valence-electron chi connectivity index (χ4n) is 2.72. The summed E-state index contributed by atoms with van der Waals surface area (Å²) in [4.78, 5) is 26.7. The molecule has 0 unspecified atom stereocenters. The number of non-ortho nitro benzene ring substituents is 1. The van der Waals surface area contributed by atoms with E-state index in [0.717, 1.165) is 11.3 Å². The number of nitro benzene ring substituents is 1. The number of rotatable bonds is 6. The van der Waals surface area contributed by atoms with E-state index in [1.807, 2.05) is 24.3 Å².